The summed E-state index contributed by atoms with van der Waals surface area (Å²) in [4.78, 5) is 1.62. The maximum atomic E-state index is 12.2. The standard InChI is InChI=1S/C11H15N3O4S2/c1-2-20(17,18)10-9(13)8(3-12)19-11(10)14-4-6(15)7(16)5-14/h6-7,15-16H,2,4-5,13H2,1H3. The van der Waals surface area contributed by atoms with E-state index in [-0.39, 0.29) is 34.3 Å². The number of aliphatic hydroxyl groups excluding tert-OH is 2. The Labute approximate surface area is 120 Å². The fourth-order valence-corrected chi connectivity index (χ4v) is 4.71. The minimum atomic E-state index is -3.59. The van der Waals surface area contributed by atoms with Gasteiger partial charge in [-0.05, 0) is 0 Å². The normalized spacial score (nSPS) is 23.0. The van der Waals surface area contributed by atoms with Crippen molar-refractivity contribution in [2.45, 2.75) is 24.0 Å². The predicted molar refractivity (Wildman–Crippen MR) is 75.4 cm³/mol. The molecule has 1 aliphatic heterocycles. The van der Waals surface area contributed by atoms with E-state index in [4.69, 9.17) is 11.0 Å². The van der Waals surface area contributed by atoms with Crippen molar-refractivity contribution in [3.63, 3.8) is 0 Å². The number of nitriles is 1. The van der Waals surface area contributed by atoms with Gasteiger partial charge in [0, 0.05) is 13.1 Å². The second kappa shape index (κ2) is 5.21. The molecule has 1 aliphatic rings. The molecule has 4 N–H and O–H groups in total. The fourth-order valence-electron chi connectivity index (χ4n) is 2.09. The molecule has 1 aromatic rings. The van der Waals surface area contributed by atoms with Crippen LogP contribution in [0.3, 0.4) is 0 Å². The van der Waals surface area contributed by atoms with E-state index >= 15 is 0 Å². The molecular weight excluding hydrogens is 302 g/mol. The third-order valence-corrected chi connectivity index (χ3v) is 6.32. The van der Waals surface area contributed by atoms with Crippen LogP contribution >= 0.6 is 11.3 Å². The first kappa shape index (κ1) is 15.1. The lowest BCUT2D eigenvalue weighted by atomic mass is 10.3. The average Bonchev–Trinajstić information content (AvgIpc) is 2.90. The molecule has 2 atom stereocenters. The SMILES string of the molecule is CCS(=O)(=O)c1c(N2CC(O)C(O)C2)sc(C#N)c1N. The highest BCUT2D eigenvalue weighted by molar-refractivity contribution is 7.91. The van der Waals surface area contributed by atoms with Gasteiger partial charge < -0.3 is 20.8 Å². The molecule has 0 aromatic carbocycles. The molecule has 1 saturated heterocycles. The monoisotopic (exact) mass is 317 g/mol. The van der Waals surface area contributed by atoms with Gasteiger partial charge in [-0.3, -0.25) is 0 Å². The van der Waals surface area contributed by atoms with Gasteiger partial charge in [0.05, 0.1) is 23.6 Å². The van der Waals surface area contributed by atoms with Crippen LogP contribution in [0.15, 0.2) is 4.90 Å². The van der Waals surface area contributed by atoms with Crippen LogP contribution in [-0.2, 0) is 9.84 Å². The van der Waals surface area contributed by atoms with Gasteiger partial charge in [-0.2, -0.15) is 5.26 Å². The summed E-state index contributed by atoms with van der Waals surface area (Å²) in [6, 6.07) is 1.88. The van der Waals surface area contributed by atoms with E-state index in [1.54, 1.807) is 4.90 Å². The molecule has 2 heterocycles. The van der Waals surface area contributed by atoms with E-state index in [0.29, 0.717) is 5.00 Å². The average molecular weight is 317 g/mol. The number of hydrogen-bond acceptors (Lipinski definition) is 8. The Kier molecular flexibility index (Phi) is 3.93. The van der Waals surface area contributed by atoms with Gasteiger partial charge >= 0.3 is 0 Å². The molecule has 0 radical (unpaired) electrons. The molecule has 1 fully saturated rings. The second-order valence-electron chi connectivity index (χ2n) is 4.53. The first-order valence-corrected chi connectivity index (χ1v) is 8.44. The zero-order valence-corrected chi connectivity index (χ0v) is 12.4. The predicted octanol–water partition coefficient (Wildman–Crippen LogP) is -0.463. The first-order chi connectivity index (χ1) is 9.31. The van der Waals surface area contributed by atoms with Crippen LogP contribution in [-0.4, -0.2) is 49.7 Å². The number of aliphatic hydroxyl groups is 2. The van der Waals surface area contributed by atoms with Crippen molar-refractivity contribution in [3.05, 3.63) is 4.88 Å². The number of thiophene rings is 1. The number of anilines is 2. The minimum absolute atomic E-state index is 0.0507. The fraction of sp³-hybridized carbons (Fsp3) is 0.545. The maximum absolute atomic E-state index is 12.2. The quantitative estimate of drug-likeness (QED) is 0.688. The zero-order valence-electron chi connectivity index (χ0n) is 10.8. The number of nitrogen functional groups attached to an aromatic ring is 1. The van der Waals surface area contributed by atoms with Crippen LogP contribution in [0.1, 0.15) is 11.8 Å². The van der Waals surface area contributed by atoms with E-state index < -0.39 is 22.0 Å². The van der Waals surface area contributed by atoms with Crippen LogP contribution in [0.4, 0.5) is 10.7 Å². The van der Waals surface area contributed by atoms with Gasteiger partial charge in [-0.15, -0.1) is 11.3 Å². The topological polar surface area (TPSA) is 128 Å². The molecule has 2 rings (SSSR count). The Morgan fingerprint density at radius 2 is 2.00 bits per heavy atom. The van der Waals surface area contributed by atoms with Gasteiger partial charge in [-0.25, -0.2) is 8.42 Å². The van der Waals surface area contributed by atoms with Crippen molar-refractivity contribution < 1.29 is 18.6 Å². The molecule has 7 nitrogen and oxygen atoms in total. The molecule has 0 saturated carbocycles. The number of sulfone groups is 1. The number of β-amino-alcohol motifs (C(OH)–C–C–N with tert-alkyl or cyclic N) is 2. The molecule has 2 unspecified atom stereocenters. The van der Waals surface area contributed by atoms with Crippen molar-refractivity contribution in [2.24, 2.45) is 0 Å². The van der Waals surface area contributed by atoms with Crippen LogP contribution in [0.2, 0.25) is 0 Å². The van der Waals surface area contributed by atoms with Crippen molar-refractivity contribution in [1.29, 1.82) is 5.26 Å². The molecule has 0 bridgehead atoms. The molecule has 1 aromatic heterocycles. The Morgan fingerprint density at radius 1 is 1.45 bits per heavy atom. The van der Waals surface area contributed by atoms with Crippen LogP contribution in [0.5, 0.6) is 0 Å². The van der Waals surface area contributed by atoms with E-state index in [9.17, 15) is 18.6 Å². The number of hydrogen-bond donors (Lipinski definition) is 3. The Hall–Kier alpha value is -1.34. The third-order valence-electron chi connectivity index (χ3n) is 3.22. The molecule has 0 amide bonds. The number of rotatable bonds is 3. The molecule has 110 valence electrons. The van der Waals surface area contributed by atoms with E-state index in [1.807, 2.05) is 6.07 Å². The molecular formula is C11H15N3O4S2. The van der Waals surface area contributed by atoms with E-state index in [0.717, 1.165) is 11.3 Å². The molecule has 0 spiro atoms. The minimum Gasteiger partial charge on any atom is -0.396 e. The summed E-state index contributed by atoms with van der Waals surface area (Å²) in [7, 11) is -3.59. The van der Waals surface area contributed by atoms with Crippen molar-refractivity contribution >= 4 is 31.9 Å². The summed E-state index contributed by atoms with van der Waals surface area (Å²) in [5, 5.41) is 28.5. The van der Waals surface area contributed by atoms with E-state index in [2.05, 4.69) is 0 Å². The van der Waals surface area contributed by atoms with Crippen molar-refractivity contribution in [2.75, 3.05) is 29.5 Å². The van der Waals surface area contributed by atoms with Crippen molar-refractivity contribution in [1.82, 2.24) is 0 Å². The van der Waals surface area contributed by atoms with Crippen molar-refractivity contribution in [3.8, 4) is 6.07 Å². The summed E-state index contributed by atoms with van der Waals surface area (Å²) in [6.07, 6.45) is -1.89. The van der Waals surface area contributed by atoms with Gasteiger partial charge in [0.25, 0.3) is 0 Å². The first-order valence-electron chi connectivity index (χ1n) is 5.98. The Morgan fingerprint density at radius 3 is 2.45 bits per heavy atom. The molecule has 20 heavy (non-hydrogen) atoms. The number of nitrogens with zero attached hydrogens (tertiary/aromatic N) is 2. The zero-order chi connectivity index (χ0) is 15.1. The van der Waals surface area contributed by atoms with E-state index in [1.165, 1.54) is 6.92 Å². The summed E-state index contributed by atoms with van der Waals surface area (Å²) < 4.78 is 24.3. The summed E-state index contributed by atoms with van der Waals surface area (Å²) in [5.74, 6) is -0.134. The third kappa shape index (κ3) is 2.35. The lowest BCUT2D eigenvalue weighted by Crippen LogP contribution is -2.22. The number of nitrogens with two attached hydrogens (primary N) is 1. The molecule has 9 heteroatoms. The highest BCUT2D eigenvalue weighted by Crippen LogP contribution is 2.42. The Balaban J connectivity index is 2.57. The molecule has 0 aliphatic carbocycles. The maximum Gasteiger partial charge on any atom is 0.183 e. The smallest absolute Gasteiger partial charge is 0.183 e. The lowest BCUT2D eigenvalue weighted by molar-refractivity contribution is 0.0572. The second-order valence-corrected chi connectivity index (χ2v) is 7.75. The summed E-state index contributed by atoms with van der Waals surface area (Å²) in [6.45, 7) is 1.71. The highest BCUT2D eigenvalue weighted by atomic mass is 32.2. The van der Waals surface area contributed by atoms with Gasteiger partial charge in [0.15, 0.2) is 9.84 Å². The largest absolute Gasteiger partial charge is 0.396 e. The van der Waals surface area contributed by atoms with Crippen LogP contribution in [0, 0.1) is 11.3 Å². The van der Waals surface area contributed by atoms with Crippen LogP contribution < -0.4 is 10.6 Å². The summed E-state index contributed by atoms with van der Waals surface area (Å²) in [5.41, 5.74) is 5.72. The van der Waals surface area contributed by atoms with Gasteiger partial charge in [-0.1, -0.05) is 6.92 Å². The highest BCUT2D eigenvalue weighted by Gasteiger charge is 2.35. The van der Waals surface area contributed by atoms with Gasteiger partial charge in [0.2, 0.25) is 0 Å². The Bertz CT molecular complexity index is 652. The van der Waals surface area contributed by atoms with Crippen LogP contribution in [0.25, 0.3) is 0 Å². The summed E-state index contributed by atoms with van der Waals surface area (Å²) >= 11 is 0.968. The lowest BCUT2D eigenvalue weighted by Gasteiger charge is -2.17. The van der Waals surface area contributed by atoms with Gasteiger partial charge in [0.1, 0.15) is 20.8 Å².